The molecular weight excluding hydrogens is 314 g/mol. The summed E-state index contributed by atoms with van der Waals surface area (Å²) in [5.74, 6) is 1.74. The number of rotatable bonds is 6. The van der Waals surface area contributed by atoms with E-state index in [2.05, 4.69) is 12.0 Å². The van der Waals surface area contributed by atoms with Crippen molar-refractivity contribution in [3.8, 4) is 16.9 Å². The van der Waals surface area contributed by atoms with Gasteiger partial charge in [-0.05, 0) is 42.9 Å². The third kappa shape index (κ3) is 4.84. The van der Waals surface area contributed by atoms with Gasteiger partial charge in [0.1, 0.15) is 5.75 Å². The van der Waals surface area contributed by atoms with E-state index < -0.39 is 0 Å². The fourth-order valence-corrected chi connectivity index (χ4v) is 3.30. The smallest absolute Gasteiger partial charge is 0.222 e. The second-order valence-corrected chi connectivity index (χ2v) is 6.97. The zero-order chi connectivity index (χ0) is 17.6. The summed E-state index contributed by atoms with van der Waals surface area (Å²) in [6.45, 7) is 4.62. The van der Waals surface area contributed by atoms with Crippen molar-refractivity contribution in [1.29, 1.82) is 0 Å². The van der Waals surface area contributed by atoms with Crippen molar-refractivity contribution in [1.82, 2.24) is 14.7 Å². The summed E-state index contributed by atoms with van der Waals surface area (Å²) < 4.78 is 7.56. The molecule has 1 saturated heterocycles. The molecule has 1 aliphatic heterocycles. The number of likely N-dealkylation sites (tertiary alicyclic amines) is 1. The molecule has 0 radical (unpaired) electrons. The van der Waals surface area contributed by atoms with E-state index in [1.165, 1.54) is 6.42 Å². The fraction of sp³-hybridized carbons (Fsp3) is 0.500. The molecule has 1 amide bonds. The van der Waals surface area contributed by atoms with Crippen molar-refractivity contribution >= 4 is 5.91 Å². The van der Waals surface area contributed by atoms with Crippen molar-refractivity contribution in [3.05, 3.63) is 36.7 Å². The minimum Gasteiger partial charge on any atom is -0.494 e. The highest BCUT2D eigenvalue weighted by Gasteiger charge is 2.20. The molecule has 134 valence electrons. The minimum absolute atomic E-state index is 0.266. The van der Waals surface area contributed by atoms with Crippen LogP contribution in [-0.2, 0) is 11.8 Å². The fourth-order valence-electron chi connectivity index (χ4n) is 3.30. The maximum atomic E-state index is 12.2. The lowest BCUT2D eigenvalue weighted by molar-refractivity contribution is -0.133. The van der Waals surface area contributed by atoms with Crippen LogP contribution in [0.25, 0.3) is 11.1 Å². The van der Waals surface area contributed by atoms with Crippen LogP contribution in [0.1, 0.15) is 32.6 Å². The Morgan fingerprint density at radius 1 is 1.28 bits per heavy atom. The van der Waals surface area contributed by atoms with Crippen LogP contribution in [0.15, 0.2) is 36.7 Å². The SMILES string of the molecule is C[C@@H]1CCCN(C(=O)CCCOc2ccc(-c3cnn(C)c3)cc2)C1. The highest BCUT2D eigenvalue weighted by atomic mass is 16.5. The van der Waals surface area contributed by atoms with Gasteiger partial charge in [0.15, 0.2) is 0 Å². The Balaban J connectivity index is 1.41. The summed E-state index contributed by atoms with van der Waals surface area (Å²) in [6, 6.07) is 8.01. The number of aryl methyl sites for hydroxylation is 1. The third-order valence-electron chi connectivity index (χ3n) is 4.71. The minimum atomic E-state index is 0.266. The molecule has 0 spiro atoms. The van der Waals surface area contributed by atoms with E-state index in [0.29, 0.717) is 18.9 Å². The summed E-state index contributed by atoms with van der Waals surface area (Å²) in [5, 5.41) is 4.19. The van der Waals surface area contributed by atoms with E-state index in [9.17, 15) is 4.79 Å². The number of nitrogens with zero attached hydrogens (tertiary/aromatic N) is 3. The van der Waals surface area contributed by atoms with Gasteiger partial charge < -0.3 is 9.64 Å². The number of hydrogen-bond acceptors (Lipinski definition) is 3. The zero-order valence-corrected chi connectivity index (χ0v) is 15.1. The molecule has 3 rings (SSSR count). The van der Waals surface area contributed by atoms with E-state index >= 15 is 0 Å². The van der Waals surface area contributed by atoms with E-state index in [-0.39, 0.29) is 5.91 Å². The maximum absolute atomic E-state index is 12.2. The highest BCUT2D eigenvalue weighted by Crippen LogP contribution is 2.22. The number of ether oxygens (including phenoxy) is 1. The lowest BCUT2D eigenvalue weighted by atomic mass is 10.00. The molecule has 2 heterocycles. The number of hydrogen-bond donors (Lipinski definition) is 0. The van der Waals surface area contributed by atoms with Gasteiger partial charge in [-0.2, -0.15) is 5.10 Å². The molecule has 0 N–H and O–H groups in total. The summed E-state index contributed by atoms with van der Waals surface area (Å²) in [5.41, 5.74) is 2.21. The highest BCUT2D eigenvalue weighted by molar-refractivity contribution is 5.76. The molecule has 25 heavy (non-hydrogen) atoms. The normalized spacial score (nSPS) is 17.5. The van der Waals surface area contributed by atoms with E-state index in [1.54, 1.807) is 4.68 Å². The molecule has 5 heteroatoms. The van der Waals surface area contributed by atoms with Crippen molar-refractivity contribution in [2.75, 3.05) is 19.7 Å². The van der Waals surface area contributed by atoms with Crippen molar-refractivity contribution < 1.29 is 9.53 Å². The van der Waals surface area contributed by atoms with Gasteiger partial charge in [0.2, 0.25) is 5.91 Å². The molecule has 0 bridgehead atoms. The lowest BCUT2D eigenvalue weighted by Crippen LogP contribution is -2.39. The van der Waals surface area contributed by atoms with Gasteiger partial charge in [0.25, 0.3) is 0 Å². The molecule has 5 nitrogen and oxygen atoms in total. The zero-order valence-electron chi connectivity index (χ0n) is 15.1. The van der Waals surface area contributed by atoms with Crippen LogP contribution in [0.2, 0.25) is 0 Å². The number of benzene rings is 1. The summed E-state index contributed by atoms with van der Waals surface area (Å²) >= 11 is 0. The third-order valence-corrected chi connectivity index (χ3v) is 4.71. The van der Waals surface area contributed by atoms with Gasteiger partial charge in [0.05, 0.1) is 12.8 Å². The summed E-state index contributed by atoms with van der Waals surface area (Å²) in [7, 11) is 1.91. The molecule has 0 unspecified atom stereocenters. The lowest BCUT2D eigenvalue weighted by Gasteiger charge is -2.31. The topological polar surface area (TPSA) is 47.4 Å². The van der Waals surface area contributed by atoms with Crippen LogP contribution in [-0.4, -0.2) is 40.3 Å². The van der Waals surface area contributed by atoms with Crippen LogP contribution < -0.4 is 4.74 Å². The molecule has 1 atom stereocenters. The Hall–Kier alpha value is -2.30. The Bertz CT molecular complexity index is 693. The van der Waals surface area contributed by atoms with Gasteiger partial charge >= 0.3 is 0 Å². The largest absolute Gasteiger partial charge is 0.494 e. The molecular formula is C20H27N3O2. The second-order valence-electron chi connectivity index (χ2n) is 6.97. The molecule has 2 aromatic rings. The second kappa shape index (κ2) is 8.19. The average molecular weight is 341 g/mol. The van der Waals surface area contributed by atoms with Crippen LogP contribution in [0.4, 0.5) is 0 Å². The Morgan fingerprint density at radius 2 is 2.08 bits per heavy atom. The van der Waals surface area contributed by atoms with Crippen LogP contribution in [0.3, 0.4) is 0 Å². The predicted octanol–water partition coefficient (Wildman–Crippen LogP) is 3.50. The first-order valence-electron chi connectivity index (χ1n) is 9.11. The van der Waals surface area contributed by atoms with E-state index in [0.717, 1.165) is 42.8 Å². The number of aromatic nitrogens is 2. The van der Waals surface area contributed by atoms with E-state index in [1.807, 2.05) is 48.6 Å². The van der Waals surface area contributed by atoms with E-state index in [4.69, 9.17) is 4.74 Å². The van der Waals surface area contributed by atoms with Crippen LogP contribution in [0, 0.1) is 5.92 Å². The van der Waals surface area contributed by atoms with Crippen molar-refractivity contribution in [2.24, 2.45) is 13.0 Å². The molecule has 1 aromatic heterocycles. The molecule has 0 aliphatic carbocycles. The average Bonchev–Trinajstić information content (AvgIpc) is 3.05. The first-order chi connectivity index (χ1) is 12.1. The molecule has 1 aliphatic rings. The van der Waals surface area contributed by atoms with Gasteiger partial charge in [-0.25, -0.2) is 0 Å². The van der Waals surface area contributed by atoms with Crippen LogP contribution in [0.5, 0.6) is 5.75 Å². The number of piperidine rings is 1. The number of carbonyl (C=O) groups excluding carboxylic acids is 1. The first-order valence-corrected chi connectivity index (χ1v) is 9.11. The van der Waals surface area contributed by atoms with Gasteiger partial charge in [0, 0.05) is 38.3 Å². The van der Waals surface area contributed by atoms with Gasteiger partial charge in [-0.1, -0.05) is 19.1 Å². The predicted molar refractivity (Wildman–Crippen MR) is 98.4 cm³/mol. The summed E-state index contributed by atoms with van der Waals surface area (Å²) in [4.78, 5) is 14.2. The van der Waals surface area contributed by atoms with Crippen molar-refractivity contribution in [3.63, 3.8) is 0 Å². The first kappa shape index (κ1) is 17.5. The number of amides is 1. The quantitative estimate of drug-likeness (QED) is 0.756. The van der Waals surface area contributed by atoms with Gasteiger partial charge in [-0.15, -0.1) is 0 Å². The number of carbonyl (C=O) groups is 1. The Kier molecular flexibility index (Phi) is 5.74. The maximum Gasteiger partial charge on any atom is 0.222 e. The molecule has 1 fully saturated rings. The van der Waals surface area contributed by atoms with Gasteiger partial charge in [-0.3, -0.25) is 9.48 Å². The van der Waals surface area contributed by atoms with Crippen LogP contribution >= 0.6 is 0 Å². The molecule has 1 aromatic carbocycles. The standard InChI is InChI=1S/C20H27N3O2/c1-16-5-3-11-23(14-16)20(24)6-4-12-25-19-9-7-17(8-10-19)18-13-21-22(2)15-18/h7-10,13,15-16H,3-6,11-12,14H2,1-2H3/t16-/m1/s1. The summed E-state index contributed by atoms with van der Waals surface area (Å²) in [6.07, 6.45) is 7.54. The Morgan fingerprint density at radius 3 is 2.76 bits per heavy atom. The van der Waals surface area contributed by atoms with Crippen molar-refractivity contribution in [2.45, 2.75) is 32.6 Å². The molecule has 0 saturated carbocycles. The Labute approximate surface area is 149 Å². The monoisotopic (exact) mass is 341 g/mol.